The lowest BCUT2D eigenvalue weighted by atomic mass is 10.1. The smallest absolute Gasteiger partial charge is 0.348 e. The molecule has 1 saturated heterocycles. The molecule has 0 radical (unpaired) electrons. The Morgan fingerprint density at radius 3 is 2.05 bits per heavy atom. The van der Waals surface area contributed by atoms with Crippen molar-refractivity contribution in [2.24, 2.45) is 0 Å². The molecule has 1 fully saturated rings. The van der Waals surface area contributed by atoms with Crippen LogP contribution in [0.15, 0.2) is 60.2 Å². The van der Waals surface area contributed by atoms with Crippen LogP contribution in [0.5, 0.6) is 0 Å². The quantitative estimate of drug-likeness (QED) is 0.483. The van der Waals surface area contributed by atoms with Gasteiger partial charge >= 0.3 is 11.9 Å². The molecule has 4 nitrogen and oxygen atoms in total. The van der Waals surface area contributed by atoms with Gasteiger partial charge in [-0.25, -0.2) is 9.59 Å². The zero-order valence-corrected chi connectivity index (χ0v) is 12.1. The molecule has 0 atom stereocenters. The number of esters is 2. The van der Waals surface area contributed by atoms with E-state index in [1.165, 1.54) is 6.08 Å². The lowest BCUT2D eigenvalue weighted by Gasteiger charge is -2.23. The van der Waals surface area contributed by atoms with Crippen LogP contribution in [0.25, 0.3) is 6.08 Å². The van der Waals surface area contributed by atoms with E-state index in [1.54, 1.807) is 48.5 Å². The first-order valence-electron chi connectivity index (χ1n) is 6.57. The van der Waals surface area contributed by atoms with Crippen molar-refractivity contribution >= 4 is 29.6 Å². The lowest BCUT2D eigenvalue weighted by molar-refractivity contribution is -0.195. The zero-order chi connectivity index (χ0) is 15.5. The molecule has 1 heterocycles. The lowest BCUT2D eigenvalue weighted by Crippen LogP contribution is -2.29. The van der Waals surface area contributed by atoms with Gasteiger partial charge in [-0.15, -0.1) is 0 Å². The van der Waals surface area contributed by atoms with Crippen LogP contribution in [0.2, 0.25) is 5.02 Å². The predicted molar refractivity (Wildman–Crippen MR) is 80.8 cm³/mol. The molecule has 0 aromatic heterocycles. The van der Waals surface area contributed by atoms with Gasteiger partial charge in [-0.3, -0.25) is 0 Å². The molecule has 1 aliphatic rings. The molecule has 0 aliphatic carbocycles. The van der Waals surface area contributed by atoms with Crippen LogP contribution < -0.4 is 0 Å². The standard InChI is InChI=1S/C17H11ClO4/c18-13-8-6-11(7-9-13)10-14-15(19)21-17(22-16(14)20)12-4-2-1-3-5-12/h1-10,17H. The van der Waals surface area contributed by atoms with Gasteiger partial charge in [0.1, 0.15) is 5.57 Å². The number of halogens is 1. The van der Waals surface area contributed by atoms with Crippen molar-refractivity contribution < 1.29 is 19.1 Å². The number of hydrogen-bond acceptors (Lipinski definition) is 4. The van der Waals surface area contributed by atoms with Crippen LogP contribution in [0, 0.1) is 0 Å². The highest BCUT2D eigenvalue weighted by atomic mass is 35.5. The minimum atomic E-state index is -1.01. The summed E-state index contributed by atoms with van der Waals surface area (Å²) in [5, 5.41) is 0.570. The molecule has 0 spiro atoms. The highest BCUT2D eigenvalue weighted by Crippen LogP contribution is 2.27. The van der Waals surface area contributed by atoms with Gasteiger partial charge in [-0.05, 0) is 23.8 Å². The summed E-state index contributed by atoms with van der Waals surface area (Å²) >= 11 is 5.79. The number of carbonyl (C=O) groups excluding carboxylic acids is 2. The first-order valence-corrected chi connectivity index (χ1v) is 6.95. The number of carbonyl (C=O) groups is 2. The Labute approximate surface area is 131 Å². The van der Waals surface area contributed by atoms with E-state index in [2.05, 4.69) is 0 Å². The molecular formula is C17H11ClO4. The average Bonchev–Trinajstić information content (AvgIpc) is 2.53. The average molecular weight is 315 g/mol. The Balaban J connectivity index is 1.83. The highest BCUT2D eigenvalue weighted by Gasteiger charge is 2.34. The first-order chi connectivity index (χ1) is 10.6. The number of hydrogen-bond donors (Lipinski definition) is 0. The van der Waals surface area contributed by atoms with Crippen LogP contribution in [0.1, 0.15) is 17.4 Å². The fourth-order valence-electron chi connectivity index (χ4n) is 2.02. The third kappa shape index (κ3) is 3.02. The van der Waals surface area contributed by atoms with Gasteiger partial charge < -0.3 is 9.47 Å². The summed E-state index contributed by atoms with van der Waals surface area (Å²) in [5.74, 6) is -1.42. The number of cyclic esters (lactones) is 2. The fourth-order valence-corrected chi connectivity index (χ4v) is 2.14. The van der Waals surface area contributed by atoms with E-state index in [0.717, 1.165) is 0 Å². The Morgan fingerprint density at radius 2 is 1.45 bits per heavy atom. The summed E-state index contributed by atoms with van der Waals surface area (Å²) in [6.07, 6.45) is 0.408. The molecule has 22 heavy (non-hydrogen) atoms. The second kappa shape index (κ2) is 6.03. The molecule has 0 N–H and O–H groups in total. The van der Waals surface area contributed by atoms with Crippen molar-refractivity contribution in [1.29, 1.82) is 0 Å². The van der Waals surface area contributed by atoms with Crippen molar-refractivity contribution in [2.75, 3.05) is 0 Å². The van der Waals surface area contributed by atoms with E-state index in [-0.39, 0.29) is 5.57 Å². The van der Waals surface area contributed by atoms with E-state index in [9.17, 15) is 9.59 Å². The minimum Gasteiger partial charge on any atom is -0.417 e. The molecule has 3 rings (SSSR count). The summed E-state index contributed by atoms with van der Waals surface area (Å²) in [7, 11) is 0. The predicted octanol–water partition coefficient (Wildman–Crippen LogP) is 3.52. The molecule has 1 aliphatic heterocycles. The van der Waals surface area contributed by atoms with E-state index >= 15 is 0 Å². The third-order valence-electron chi connectivity index (χ3n) is 3.12. The van der Waals surface area contributed by atoms with Gasteiger partial charge in [-0.2, -0.15) is 0 Å². The number of benzene rings is 2. The maximum Gasteiger partial charge on any atom is 0.348 e. The van der Waals surface area contributed by atoms with Gasteiger partial charge in [0.15, 0.2) is 0 Å². The van der Waals surface area contributed by atoms with Crippen LogP contribution in [0.4, 0.5) is 0 Å². The summed E-state index contributed by atoms with van der Waals surface area (Å²) in [4.78, 5) is 24.1. The number of ether oxygens (including phenoxy) is 2. The molecule has 0 unspecified atom stereocenters. The van der Waals surface area contributed by atoms with Gasteiger partial charge in [0.25, 0.3) is 6.29 Å². The maximum atomic E-state index is 12.0. The van der Waals surface area contributed by atoms with Crippen molar-refractivity contribution in [2.45, 2.75) is 6.29 Å². The normalized spacial score (nSPS) is 17.7. The molecule has 110 valence electrons. The monoisotopic (exact) mass is 314 g/mol. The summed E-state index contributed by atoms with van der Waals surface area (Å²) in [6.45, 7) is 0. The van der Waals surface area contributed by atoms with Crippen molar-refractivity contribution in [3.63, 3.8) is 0 Å². The largest absolute Gasteiger partial charge is 0.417 e. The summed E-state index contributed by atoms with van der Waals surface area (Å²) in [5.41, 5.74) is 1.12. The molecule has 2 aromatic carbocycles. The second-order valence-electron chi connectivity index (χ2n) is 4.66. The Morgan fingerprint density at radius 1 is 0.864 bits per heavy atom. The van der Waals surface area contributed by atoms with Gasteiger partial charge in [0, 0.05) is 10.6 Å². The molecular weight excluding hydrogens is 304 g/mol. The number of rotatable bonds is 2. The summed E-state index contributed by atoms with van der Waals surface area (Å²) < 4.78 is 10.4. The fraction of sp³-hybridized carbons (Fsp3) is 0.0588. The van der Waals surface area contributed by atoms with E-state index in [4.69, 9.17) is 21.1 Å². The van der Waals surface area contributed by atoms with E-state index in [1.807, 2.05) is 6.07 Å². The Bertz CT molecular complexity index is 715. The van der Waals surface area contributed by atoms with E-state index < -0.39 is 18.2 Å². The SMILES string of the molecule is O=C1OC(c2ccccc2)OC(=O)C1=Cc1ccc(Cl)cc1. The topological polar surface area (TPSA) is 52.6 Å². The van der Waals surface area contributed by atoms with Gasteiger partial charge in [0.05, 0.1) is 0 Å². The van der Waals surface area contributed by atoms with Crippen LogP contribution >= 0.6 is 11.6 Å². The highest BCUT2D eigenvalue weighted by molar-refractivity contribution is 6.30. The zero-order valence-electron chi connectivity index (χ0n) is 11.4. The van der Waals surface area contributed by atoms with Crippen molar-refractivity contribution in [3.8, 4) is 0 Å². The molecule has 0 saturated carbocycles. The molecule has 0 bridgehead atoms. The maximum absolute atomic E-state index is 12.0. The summed E-state index contributed by atoms with van der Waals surface area (Å²) in [6, 6.07) is 15.5. The third-order valence-corrected chi connectivity index (χ3v) is 3.37. The van der Waals surface area contributed by atoms with Gasteiger partial charge in [0.2, 0.25) is 0 Å². The van der Waals surface area contributed by atoms with Crippen molar-refractivity contribution in [3.05, 3.63) is 76.3 Å². The first kappa shape index (κ1) is 14.4. The second-order valence-corrected chi connectivity index (χ2v) is 5.10. The van der Waals surface area contributed by atoms with Crippen molar-refractivity contribution in [1.82, 2.24) is 0 Å². The molecule has 2 aromatic rings. The van der Waals surface area contributed by atoms with Gasteiger partial charge in [-0.1, -0.05) is 54.1 Å². The Kier molecular flexibility index (Phi) is 3.94. The molecule has 0 amide bonds. The van der Waals surface area contributed by atoms with Crippen LogP contribution in [0.3, 0.4) is 0 Å². The minimum absolute atomic E-state index is 0.144. The molecule has 5 heteroatoms. The van der Waals surface area contributed by atoms with Crippen LogP contribution in [-0.4, -0.2) is 11.9 Å². The Hall–Kier alpha value is -2.59. The van der Waals surface area contributed by atoms with Crippen LogP contribution in [-0.2, 0) is 19.1 Å². The van der Waals surface area contributed by atoms with E-state index in [0.29, 0.717) is 16.1 Å².